The van der Waals surface area contributed by atoms with Crippen molar-refractivity contribution in [3.63, 3.8) is 0 Å². The minimum atomic E-state index is -0.238. The quantitative estimate of drug-likeness (QED) is 0.487. The van der Waals surface area contributed by atoms with Gasteiger partial charge in [-0.1, -0.05) is 18.9 Å². The monoisotopic (exact) mass is 507 g/mol. The lowest BCUT2D eigenvalue weighted by Gasteiger charge is -2.32. The Morgan fingerprint density at radius 1 is 0.972 bits per heavy atom. The molecule has 0 bridgehead atoms. The summed E-state index contributed by atoms with van der Waals surface area (Å²) in [5.74, 6) is 1.56. The Balaban J connectivity index is 1.18. The highest BCUT2D eigenvalue weighted by molar-refractivity contribution is 7.09. The summed E-state index contributed by atoms with van der Waals surface area (Å²) in [5, 5.41) is 8.67. The van der Waals surface area contributed by atoms with Crippen molar-refractivity contribution in [3.05, 3.63) is 69.2 Å². The molecule has 188 valence electrons. The summed E-state index contributed by atoms with van der Waals surface area (Å²) >= 11 is 1.40. The summed E-state index contributed by atoms with van der Waals surface area (Å²) in [6, 6.07) is 10.9. The van der Waals surface area contributed by atoms with Gasteiger partial charge in [-0.25, -0.2) is 4.98 Å². The van der Waals surface area contributed by atoms with E-state index in [9.17, 15) is 9.59 Å². The van der Waals surface area contributed by atoms with E-state index in [0.29, 0.717) is 29.4 Å². The lowest BCUT2D eigenvalue weighted by atomic mass is 9.90. The van der Waals surface area contributed by atoms with E-state index in [2.05, 4.69) is 21.7 Å². The average Bonchev–Trinajstić information content (AvgIpc) is 3.52. The van der Waals surface area contributed by atoms with Gasteiger partial charge in [0.1, 0.15) is 23.1 Å². The van der Waals surface area contributed by atoms with E-state index >= 15 is 0 Å². The Kier molecular flexibility index (Phi) is 7.09. The molecule has 1 saturated carbocycles. The number of hydrogen-bond acceptors (Lipinski definition) is 7. The minimum absolute atomic E-state index is 0.160. The number of carbonyl (C=O) groups is 2. The predicted octanol–water partition coefficient (Wildman–Crippen LogP) is 4.54. The smallest absolute Gasteiger partial charge is 0.271 e. The van der Waals surface area contributed by atoms with Crippen LogP contribution in [0.3, 0.4) is 0 Å². The summed E-state index contributed by atoms with van der Waals surface area (Å²) in [4.78, 5) is 30.3. The predicted molar refractivity (Wildman–Crippen MR) is 136 cm³/mol. The molecular weight excluding hydrogens is 478 g/mol. The number of rotatable bonds is 7. The Morgan fingerprint density at radius 3 is 2.42 bits per heavy atom. The van der Waals surface area contributed by atoms with Crippen LogP contribution in [0.4, 0.5) is 0 Å². The van der Waals surface area contributed by atoms with Gasteiger partial charge in [-0.15, -0.1) is 11.3 Å². The van der Waals surface area contributed by atoms with Crippen LogP contribution in [0, 0.1) is 13.8 Å². The Morgan fingerprint density at radius 2 is 1.67 bits per heavy atom. The highest BCUT2D eigenvalue weighted by Gasteiger charge is 2.29. The van der Waals surface area contributed by atoms with E-state index in [-0.39, 0.29) is 30.7 Å². The highest BCUT2D eigenvalue weighted by Crippen LogP contribution is 2.32. The maximum absolute atomic E-state index is 13.0. The molecule has 1 aromatic heterocycles. The first-order chi connectivity index (χ1) is 17.4. The van der Waals surface area contributed by atoms with Crippen molar-refractivity contribution in [2.75, 3.05) is 6.79 Å². The standard InChI is InChI=1S/C27H29N3O5S/c1-16-9-17(2)11-19(10-16)33-13-25-28-22(14-36-25)27(32)30-21-6-4-3-5-20(21)29-26(31)18-7-8-23-24(12-18)35-15-34-23/h7-12,14,20-21H,3-6,13,15H2,1-2H3,(H,29,31)(H,30,32)/t20-,21-/m1/s1. The summed E-state index contributed by atoms with van der Waals surface area (Å²) in [7, 11) is 0. The Labute approximate surface area is 214 Å². The molecule has 0 radical (unpaired) electrons. The molecule has 2 aliphatic rings. The van der Waals surface area contributed by atoms with Gasteiger partial charge in [-0.3, -0.25) is 9.59 Å². The number of amides is 2. The maximum Gasteiger partial charge on any atom is 0.271 e. The zero-order valence-electron chi connectivity index (χ0n) is 20.3. The third kappa shape index (κ3) is 5.62. The van der Waals surface area contributed by atoms with Gasteiger partial charge in [0.15, 0.2) is 11.5 Å². The van der Waals surface area contributed by atoms with E-state index in [4.69, 9.17) is 14.2 Å². The SMILES string of the molecule is Cc1cc(C)cc(OCc2nc(C(=O)N[C@@H]3CCCC[C@H]3NC(=O)c3ccc4c(c3)OCO4)cs2)c1. The third-order valence-corrected chi connectivity index (χ3v) is 7.20. The summed E-state index contributed by atoms with van der Waals surface area (Å²) in [6.07, 6.45) is 3.58. The molecule has 5 rings (SSSR count). The van der Waals surface area contributed by atoms with Gasteiger partial charge >= 0.3 is 0 Å². The molecule has 8 nitrogen and oxygen atoms in total. The van der Waals surface area contributed by atoms with Crippen molar-refractivity contribution in [3.8, 4) is 17.2 Å². The summed E-state index contributed by atoms with van der Waals surface area (Å²) in [5.41, 5.74) is 3.14. The Hall–Kier alpha value is -3.59. The molecule has 3 aromatic rings. The second-order valence-electron chi connectivity index (χ2n) is 9.25. The third-order valence-electron chi connectivity index (χ3n) is 6.38. The molecule has 2 atom stereocenters. The van der Waals surface area contributed by atoms with Gasteiger partial charge in [-0.05, 0) is 68.1 Å². The second kappa shape index (κ2) is 10.6. The molecule has 9 heteroatoms. The van der Waals surface area contributed by atoms with Crippen LogP contribution < -0.4 is 24.8 Å². The van der Waals surface area contributed by atoms with Crippen LogP contribution >= 0.6 is 11.3 Å². The van der Waals surface area contributed by atoms with Gasteiger partial charge in [0, 0.05) is 23.0 Å². The van der Waals surface area contributed by atoms with Crippen molar-refractivity contribution >= 4 is 23.2 Å². The lowest BCUT2D eigenvalue weighted by molar-refractivity contribution is 0.0860. The second-order valence-corrected chi connectivity index (χ2v) is 10.2. The number of nitrogens with zero attached hydrogens (tertiary/aromatic N) is 1. The largest absolute Gasteiger partial charge is 0.486 e. The molecule has 1 aliphatic carbocycles. The number of fused-ring (bicyclic) bond motifs is 1. The number of carbonyl (C=O) groups excluding carboxylic acids is 2. The number of aryl methyl sites for hydroxylation is 2. The molecule has 2 heterocycles. The maximum atomic E-state index is 13.0. The van der Waals surface area contributed by atoms with Crippen molar-refractivity contribution in [2.45, 2.75) is 58.2 Å². The number of thiazole rings is 1. The van der Waals surface area contributed by atoms with Crippen LogP contribution in [0.15, 0.2) is 41.8 Å². The van der Waals surface area contributed by atoms with Crippen LogP contribution in [0.25, 0.3) is 0 Å². The van der Waals surface area contributed by atoms with E-state index in [0.717, 1.165) is 47.6 Å². The van der Waals surface area contributed by atoms with Crippen molar-refractivity contribution in [2.24, 2.45) is 0 Å². The van der Waals surface area contributed by atoms with Crippen LogP contribution in [-0.2, 0) is 6.61 Å². The van der Waals surface area contributed by atoms with Crippen LogP contribution in [0.5, 0.6) is 17.2 Å². The molecule has 0 unspecified atom stereocenters. The van der Waals surface area contributed by atoms with Gasteiger partial charge < -0.3 is 24.8 Å². The van der Waals surface area contributed by atoms with Crippen molar-refractivity contribution < 1.29 is 23.8 Å². The number of aromatic nitrogens is 1. The Bertz CT molecular complexity index is 1250. The van der Waals surface area contributed by atoms with Crippen LogP contribution in [-0.4, -0.2) is 35.7 Å². The molecule has 36 heavy (non-hydrogen) atoms. The molecule has 0 spiro atoms. The summed E-state index contributed by atoms with van der Waals surface area (Å²) < 4.78 is 16.6. The number of nitrogens with one attached hydrogen (secondary N) is 2. The molecule has 2 aromatic carbocycles. The van der Waals surface area contributed by atoms with Gasteiger partial charge in [0.05, 0.1) is 0 Å². The molecular formula is C27H29N3O5S. The van der Waals surface area contributed by atoms with Gasteiger partial charge in [0.25, 0.3) is 11.8 Å². The van der Waals surface area contributed by atoms with Crippen LogP contribution in [0.2, 0.25) is 0 Å². The molecule has 2 amide bonds. The zero-order chi connectivity index (χ0) is 25.1. The molecule has 1 aliphatic heterocycles. The number of ether oxygens (including phenoxy) is 3. The number of hydrogen-bond donors (Lipinski definition) is 2. The van der Waals surface area contributed by atoms with Crippen LogP contribution in [0.1, 0.15) is 62.7 Å². The fourth-order valence-electron chi connectivity index (χ4n) is 4.65. The lowest BCUT2D eigenvalue weighted by Crippen LogP contribution is -2.53. The van der Waals surface area contributed by atoms with E-state index in [1.54, 1.807) is 23.6 Å². The summed E-state index contributed by atoms with van der Waals surface area (Å²) in [6.45, 7) is 4.52. The highest BCUT2D eigenvalue weighted by atomic mass is 32.1. The van der Waals surface area contributed by atoms with Gasteiger partial charge in [0.2, 0.25) is 6.79 Å². The molecule has 1 fully saturated rings. The van der Waals surface area contributed by atoms with Crippen molar-refractivity contribution in [1.82, 2.24) is 15.6 Å². The number of benzene rings is 2. The van der Waals surface area contributed by atoms with Crippen molar-refractivity contribution in [1.29, 1.82) is 0 Å². The average molecular weight is 508 g/mol. The van der Waals surface area contributed by atoms with E-state index in [1.165, 1.54) is 11.3 Å². The molecule has 0 saturated heterocycles. The van der Waals surface area contributed by atoms with E-state index < -0.39 is 0 Å². The fraction of sp³-hybridized carbons (Fsp3) is 0.370. The first-order valence-corrected chi connectivity index (χ1v) is 13.0. The first-order valence-electron chi connectivity index (χ1n) is 12.1. The van der Waals surface area contributed by atoms with Gasteiger partial charge in [-0.2, -0.15) is 0 Å². The topological polar surface area (TPSA) is 98.8 Å². The van der Waals surface area contributed by atoms with E-state index in [1.807, 2.05) is 26.0 Å². The first kappa shape index (κ1) is 24.1. The fourth-order valence-corrected chi connectivity index (χ4v) is 5.34. The zero-order valence-corrected chi connectivity index (χ0v) is 21.2. The minimum Gasteiger partial charge on any atom is -0.486 e. The normalized spacial score (nSPS) is 18.5. The molecule has 2 N–H and O–H groups in total.